The van der Waals surface area contributed by atoms with Crippen LogP contribution in [0.2, 0.25) is 0 Å². The van der Waals surface area contributed by atoms with Crippen molar-refractivity contribution in [3.8, 4) is 0 Å². The number of fused-ring (bicyclic) bond motifs is 3. The first-order valence-electron chi connectivity index (χ1n) is 8.71. The van der Waals surface area contributed by atoms with Gasteiger partial charge in [0, 0.05) is 11.4 Å². The quantitative estimate of drug-likeness (QED) is 0.596. The van der Waals surface area contributed by atoms with Crippen molar-refractivity contribution in [2.45, 2.75) is 51.0 Å². The normalized spacial score (nSPS) is 17.1. The van der Waals surface area contributed by atoms with E-state index in [1.54, 1.807) is 0 Å². The molecule has 148 valence electrons. The summed E-state index contributed by atoms with van der Waals surface area (Å²) in [6.45, 7) is 3.01. The number of thioether (sulfide) groups is 1. The van der Waals surface area contributed by atoms with Crippen molar-refractivity contribution >= 4 is 39.2 Å². The van der Waals surface area contributed by atoms with Crippen molar-refractivity contribution in [2.24, 2.45) is 5.92 Å². The highest BCUT2D eigenvalue weighted by Gasteiger charge is 2.28. The zero-order chi connectivity index (χ0) is 19.8. The van der Waals surface area contributed by atoms with Gasteiger partial charge in [0.2, 0.25) is 5.91 Å². The highest BCUT2D eigenvalue weighted by molar-refractivity contribution is 7.99. The van der Waals surface area contributed by atoms with E-state index in [1.807, 2.05) is 12.2 Å². The van der Waals surface area contributed by atoms with Crippen LogP contribution in [0, 0.1) is 5.92 Å². The average molecular weight is 419 g/mol. The monoisotopic (exact) mass is 419 g/mol. The van der Waals surface area contributed by atoms with Crippen LogP contribution < -0.4 is 10.9 Å². The van der Waals surface area contributed by atoms with Crippen LogP contribution in [0.1, 0.15) is 30.7 Å². The highest BCUT2D eigenvalue weighted by Crippen LogP contribution is 2.36. The van der Waals surface area contributed by atoms with Crippen molar-refractivity contribution in [3.63, 3.8) is 0 Å². The molecule has 1 N–H and O–H groups in total. The van der Waals surface area contributed by atoms with E-state index >= 15 is 0 Å². The number of thiophene rings is 1. The molecule has 5 nitrogen and oxygen atoms in total. The predicted octanol–water partition coefficient (Wildman–Crippen LogP) is 3.37. The van der Waals surface area contributed by atoms with Crippen LogP contribution in [0.3, 0.4) is 0 Å². The lowest BCUT2D eigenvalue weighted by Gasteiger charge is -2.17. The van der Waals surface area contributed by atoms with Gasteiger partial charge in [-0.1, -0.05) is 18.7 Å². The number of halogens is 3. The molecule has 0 unspecified atom stereocenters. The molecule has 0 saturated carbocycles. The van der Waals surface area contributed by atoms with E-state index in [4.69, 9.17) is 0 Å². The lowest BCUT2D eigenvalue weighted by Crippen LogP contribution is -2.35. The van der Waals surface area contributed by atoms with Gasteiger partial charge in [0.15, 0.2) is 5.16 Å². The van der Waals surface area contributed by atoms with Gasteiger partial charge in [0.05, 0.1) is 11.1 Å². The Hall–Kier alpha value is -1.55. The fourth-order valence-electron chi connectivity index (χ4n) is 3.17. The molecule has 0 saturated heterocycles. The van der Waals surface area contributed by atoms with Crippen molar-refractivity contribution in [2.75, 3.05) is 12.3 Å². The molecule has 0 radical (unpaired) electrons. The lowest BCUT2D eigenvalue weighted by atomic mass is 9.89. The smallest absolute Gasteiger partial charge is 0.346 e. The Kier molecular flexibility index (Phi) is 5.85. The van der Waals surface area contributed by atoms with Crippen LogP contribution in [0.5, 0.6) is 0 Å². The molecule has 1 amide bonds. The number of aryl methyl sites for hydroxylation is 1. The molecule has 1 atom stereocenters. The van der Waals surface area contributed by atoms with Gasteiger partial charge in [-0.3, -0.25) is 14.2 Å². The van der Waals surface area contributed by atoms with E-state index < -0.39 is 18.6 Å². The Morgan fingerprint density at radius 2 is 2.19 bits per heavy atom. The van der Waals surface area contributed by atoms with E-state index in [2.05, 4.69) is 11.9 Å². The van der Waals surface area contributed by atoms with E-state index in [0.29, 0.717) is 27.8 Å². The third-order valence-electron chi connectivity index (χ3n) is 4.51. The Bertz CT molecular complexity index is 921. The van der Waals surface area contributed by atoms with Gasteiger partial charge in [-0.05, 0) is 37.7 Å². The molecule has 2 heterocycles. The number of carbonyl (C=O) groups excluding carboxylic acids is 1. The van der Waals surface area contributed by atoms with Gasteiger partial charge >= 0.3 is 6.18 Å². The lowest BCUT2D eigenvalue weighted by molar-refractivity contribution is -0.136. The van der Waals surface area contributed by atoms with Crippen LogP contribution in [-0.4, -0.2) is 33.9 Å². The summed E-state index contributed by atoms with van der Waals surface area (Å²) >= 11 is 2.50. The Morgan fingerprint density at radius 1 is 1.44 bits per heavy atom. The second kappa shape index (κ2) is 7.83. The average Bonchev–Trinajstić information content (AvgIpc) is 2.95. The summed E-state index contributed by atoms with van der Waals surface area (Å²) < 4.78 is 38.1. The highest BCUT2D eigenvalue weighted by atomic mass is 32.2. The number of hydrogen-bond donors (Lipinski definition) is 1. The zero-order valence-corrected chi connectivity index (χ0v) is 16.6. The predicted molar refractivity (Wildman–Crippen MR) is 101 cm³/mol. The van der Waals surface area contributed by atoms with Gasteiger partial charge in [-0.25, -0.2) is 4.98 Å². The molecule has 2 aromatic rings. The number of hydrogen-bond acceptors (Lipinski definition) is 5. The molecule has 10 heteroatoms. The van der Waals surface area contributed by atoms with E-state index in [1.165, 1.54) is 20.8 Å². The molecule has 0 aromatic carbocycles. The number of aromatic nitrogens is 2. The summed E-state index contributed by atoms with van der Waals surface area (Å²) in [5.74, 6) is -0.394. The molecule has 0 bridgehead atoms. The molecule has 1 aliphatic rings. The van der Waals surface area contributed by atoms with E-state index in [-0.39, 0.29) is 11.3 Å². The Morgan fingerprint density at radius 3 is 2.85 bits per heavy atom. The molecule has 0 spiro atoms. The zero-order valence-electron chi connectivity index (χ0n) is 15.0. The molecule has 27 heavy (non-hydrogen) atoms. The SMILES string of the molecule is CCn1c(SCC(=O)NCC(F)(F)F)nc2sc3c(c2c1=O)CC[C@H](C)C3. The number of nitrogens with zero attached hydrogens (tertiary/aromatic N) is 2. The minimum absolute atomic E-state index is 0.132. The van der Waals surface area contributed by atoms with Crippen LogP contribution in [0.4, 0.5) is 13.2 Å². The summed E-state index contributed by atoms with van der Waals surface area (Å²) in [6.07, 6.45) is -1.61. The Labute approximate surface area is 162 Å². The molecule has 3 rings (SSSR count). The molecule has 0 fully saturated rings. The first kappa shape index (κ1) is 20.2. The van der Waals surface area contributed by atoms with Crippen molar-refractivity contribution in [1.29, 1.82) is 0 Å². The maximum atomic E-state index is 13.0. The number of rotatable bonds is 5. The third-order valence-corrected chi connectivity index (χ3v) is 6.64. The number of carbonyl (C=O) groups is 1. The van der Waals surface area contributed by atoms with Crippen LogP contribution in [0.15, 0.2) is 9.95 Å². The summed E-state index contributed by atoms with van der Waals surface area (Å²) in [4.78, 5) is 31.0. The van der Waals surface area contributed by atoms with E-state index in [9.17, 15) is 22.8 Å². The Balaban J connectivity index is 1.86. The summed E-state index contributed by atoms with van der Waals surface area (Å²) in [5.41, 5.74) is 0.958. The number of amides is 1. The largest absolute Gasteiger partial charge is 0.405 e. The van der Waals surface area contributed by atoms with Crippen molar-refractivity contribution in [3.05, 3.63) is 20.8 Å². The maximum absolute atomic E-state index is 13.0. The van der Waals surface area contributed by atoms with Gasteiger partial charge in [-0.15, -0.1) is 11.3 Å². The molecule has 2 aromatic heterocycles. The first-order valence-corrected chi connectivity index (χ1v) is 10.5. The standard InChI is InChI=1S/C17H20F3N3O2S2/c1-3-23-15(25)13-10-5-4-9(2)6-11(10)27-14(13)22-16(23)26-7-12(24)21-8-17(18,19)20/h9H,3-8H2,1-2H3,(H,21,24)/t9-/m0/s1. The van der Waals surface area contributed by atoms with Gasteiger partial charge in [-0.2, -0.15) is 13.2 Å². The van der Waals surface area contributed by atoms with E-state index in [0.717, 1.165) is 36.6 Å². The summed E-state index contributed by atoms with van der Waals surface area (Å²) in [7, 11) is 0. The fourth-order valence-corrected chi connectivity index (χ4v) is 5.49. The molecule has 1 aliphatic carbocycles. The van der Waals surface area contributed by atoms with Gasteiger partial charge in [0.25, 0.3) is 5.56 Å². The summed E-state index contributed by atoms with van der Waals surface area (Å²) in [5, 5.41) is 2.86. The fraction of sp³-hybridized carbons (Fsp3) is 0.588. The third kappa shape index (κ3) is 4.48. The molecular formula is C17H20F3N3O2S2. The minimum atomic E-state index is -4.45. The summed E-state index contributed by atoms with van der Waals surface area (Å²) in [6, 6.07) is 0. The van der Waals surface area contributed by atoms with Crippen LogP contribution in [0.25, 0.3) is 10.2 Å². The van der Waals surface area contributed by atoms with Gasteiger partial charge < -0.3 is 5.32 Å². The second-order valence-electron chi connectivity index (χ2n) is 6.66. The topological polar surface area (TPSA) is 64.0 Å². The molecular weight excluding hydrogens is 399 g/mol. The van der Waals surface area contributed by atoms with Gasteiger partial charge in [0.1, 0.15) is 11.4 Å². The van der Waals surface area contributed by atoms with Crippen molar-refractivity contribution in [1.82, 2.24) is 14.9 Å². The van der Waals surface area contributed by atoms with Crippen LogP contribution >= 0.6 is 23.1 Å². The maximum Gasteiger partial charge on any atom is 0.405 e. The molecule has 0 aliphatic heterocycles. The first-order chi connectivity index (χ1) is 12.7. The second-order valence-corrected chi connectivity index (χ2v) is 8.68. The van der Waals surface area contributed by atoms with Crippen molar-refractivity contribution < 1.29 is 18.0 Å². The number of nitrogens with one attached hydrogen (secondary N) is 1. The minimum Gasteiger partial charge on any atom is -0.346 e. The van der Waals surface area contributed by atoms with Crippen LogP contribution in [-0.2, 0) is 24.2 Å². The number of alkyl halides is 3.